The van der Waals surface area contributed by atoms with Gasteiger partial charge in [0, 0.05) is 27.7 Å². The van der Waals surface area contributed by atoms with E-state index in [9.17, 15) is 4.79 Å². The molecule has 1 aliphatic heterocycles. The SMILES string of the molecule is CSc1cccc(NC(=O)c2ccccc2CSC2=NCCS2)c1. The molecule has 1 N–H and O–H groups in total. The van der Waals surface area contributed by atoms with Crippen LogP contribution < -0.4 is 5.32 Å². The van der Waals surface area contributed by atoms with Gasteiger partial charge in [0.25, 0.3) is 5.91 Å². The van der Waals surface area contributed by atoms with Gasteiger partial charge in [0.05, 0.1) is 6.54 Å². The molecular weight excluding hydrogens is 356 g/mol. The average Bonchev–Trinajstić information content (AvgIpc) is 3.14. The summed E-state index contributed by atoms with van der Waals surface area (Å²) < 4.78 is 1.12. The normalized spacial score (nSPS) is 13.6. The van der Waals surface area contributed by atoms with Crippen LogP contribution in [0.2, 0.25) is 0 Å². The molecule has 0 saturated carbocycles. The minimum Gasteiger partial charge on any atom is -0.322 e. The highest BCUT2D eigenvalue weighted by molar-refractivity contribution is 8.38. The predicted molar refractivity (Wildman–Crippen MR) is 109 cm³/mol. The zero-order valence-electron chi connectivity index (χ0n) is 13.3. The van der Waals surface area contributed by atoms with Crippen LogP contribution in [-0.2, 0) is 5.75 Å². The molecule has 0 radical (unpaired) electrons. The number of nitrogens with zero attached hydrogens (tertiary/aromatic N) is 1. The fourth-order valence-electron chi connectivity index (χ4n) is 2.31. The summed E-state index contributed by atoms with van der Waals surface area (Å²) in [6.45, 7) is 0.904. The highest BCUT2D eigenvalue weighted by atomic mass is 32.2. The third kappa shape index (κ3) is 4.59. The predicted octanol–water partition coefficient (Wildman–Crippen LogP) is 5.00. The van der Waals surface area contributed by atoms with Crippen LogP contribution in [0.1, 0.15) is 15.9 Å². The zero-order chi connectivity index (χ0) is 16.8. The molecule has 1 aliphatic rings. The van der Waals surface area contributed by atoms with E-state index in [4.69, 9.17) is 0 Å². The second kappa shape index (κ2) is 8.65. The second-order valence-corrected chi connectivity index (χ2v) is 8.31. The lowest BCUT2D eigenvalue weighted by Gasteiger charge is -2.10. The van der Waals surface area contributed by atoms with Crippen LogP contribution in [-0.4, -0.2) is 28.8 Å². The van der Waals surface area contributed by atoms with Gasteiger partial charge in [-0.3, -0.25) is 9.79 Å². The van der Waals surface area contributed by atoms with E-state index in [0.29, 0.717) is 0 Å². The van der Waals surface area contributed by atoms with Crippen molar-refractivity contribution in [3.8, 4) is 0 Å². The highest BCUT2D eigenvalue weighted by Gasteiger charge is 2.14. The molecule has 24 heavy (non-hydrogen) atoms. The summed E-state index contributed by atoms with van der Waals surface area (Å²) in [4.78, 5) is 18.3. The minimum atomic E-state index is -0.0644. The molecule has 0 spiro atoms. The average molecular weight is 375 g/mol. The molecule has 6 heteroatoms. The summed E-state index contributed by atoms with van der Waals surface area (Å²) >= 11 is 5.16. The molecule has 1 heterocycles. The van der Waals surface area contributed by atoms with Gasteiger partial charge in [-0.1, -0.05) is 47.8 Å². The number of thioether (sulfide) groups is 3. The van der Waals surface area contributed by atoms with E-state index in [1.54, 1.807) is 35.3 Å². The van der Waals surface area contributed by atoms with Crippen LogP contribution in [0, 0.1) is 0 Å². The number of hydrogen-bond donors (Lipinski definition) is 1. The van der Waals surface area contributed by atoms with E-state index in [-0.39, 0.29) is 5.91 Å². The lowest BCUT2D eigenvalue weighted by atomic mass is 10.1. The first-order valence-corrected chi connectivity index (χ1v) is 10.8. The van der Waals surface area contributed by atoms with E-state index in [0.717, 1.165) is 44.1 Å². The molecule has 124 valence electrons. The van der Waals surface area contributed by atoms with Gasteiger partial charge in [0.15, 0.2) is 0 Å². The van der Waals surface area contributed by atoms with E-state index < -0.39 is 0 Å². The van der Waals surface area contributed by atoms with Crippen molar-refractivity contribution in [1.82, 2.24) is 0 Å². The van der Waals surface area contributed by atoms with Gasteiger partial charge in [0.1, 0.15) is 4.38 Å². The first-order chi connectivity index (χ1) is 11.8. The Labute approximate surface area is 155 Å². The lowest BCUT2D eigenvalue weighted by molar-refractivity contribution is 0.102. The Kier molecular flexibility index (Phi) is 6.29. The smallest absolute Gasteiger partial charge is 0.255 e. The Hall–Kier alpha value is -1.37. The molecule has 0 unspecified atom stereocenters. The van der Waals surface area contributed by atoms with Crippen molar-refractivity contribution in [2.75, 3.05) is 23.9 Å². The summed E-state index contributed by atoms with van der Waals surface area (Å²) in [7, 11) is 0. The van der Waals surface area contributed by atoms with Gasteiger partial charge in [-0.05, 0) is 36.1 Å². The van der Waals surface area contributed by atoms with Crippen molar-refractivity contribution in [3.05, 3.63) is 59.7 Å². The molecule has 0 atom stereocenters. The standard InChI is InChI=1S/C18H18N2OS3/c1-22-15-7-4-6-14(11-15)20-17(21)16-8-3-2-5-13(16)12-24-18-19-9-10-23-18/h2-8,11H,9-10,12H2,1H3,(H,20,21). The Morgan fingerprint density at radius 2 is 2.12 bits per heavy atom. The van der Waals surface area contributed by atoms with Gasteiger partial charge in [0.2, 0.25) is 0 Å². The summed E-state index contributed by atoms with van der Waals surface area (Å²) in [6.07, 6.45) is 2.03. The largest absolute Gasteiger partial charge is 0.322 e. The second-order valence-electron chi connectivity index (χ2n) is 5.13. The maximum Gasteiger partial charge on any atom is 0.255 e. The molecule has 0 aliphatic carbocycles. The van der Waals surface area contributed by atoms with Crippen LogP contribution >= 0.6 is 35.3 Å². The molecule has 2 aromatic rings. The number of aliphatic imine (C=N–C) groups is 1. The van der Waals surface area contributed by atoms with Crippen LogP contribution in [0.4, 0.5) is 5.69 Å². The molecule has 0 aromatic heterocycles. The van der Waals surface area contributed by atoms with Crippen molar-refractivity contribution < 1.29 is 4.79 Å². The van der Waals surface area contributed by atoms with Crippen molar-refractivity contribution >= 4 is 51.3 Å². The van der Waals surface area contributed by atoms with E-state index in [2.05, 4.69) is 10.3 Å². The van der Waals surface area contributed by atoms with E-state index in [1.807, 2.05) is 54.8 Å². The van der Waals surface area contributed by atoms with Crippen molar-refractivity contribution in [2.45, 2.75) is 10.6 Å². The van der Waals surface area contributed by atoms with Crippen LogP contribution in [0.3, 0.4) is 0 Å². The summed E-state index contributed by atoms with van der Waals surface area (Å²) in [5.41, 5.74) is 2.59. The quantitative estimate of drug-likeness (QED) is 0.748. The van der Waals surface area contributed by atoms with Gasteiger partial charge in [-0.2, -0.15) is 0 Å². The Bertz CT molecular complexity index is 761. The van der Waals surface area contributed by atoms with E-state index >= 15 is 0 Å². The molecule has 1 amide bonds. The number of benzene rings is 2. The molecule has 3 rings (SSSR count). The number of carbonyl (C=O) groups excluding carboxylic acids is 1. The molecule has 0 saturated heterocycles. The monoisotopic (exact) mass is 374 g/mol. The topological polar surface area (TPSA) is 41.5 Å². The van der Waals surface area contributed by atoms with E-state index in [1.165, 1.54) is 0 Å². The molecular formula is C18H18N2OS3. The Balaban J connectivity index is 1.71. The van der Waals surface area contributed by atoms with Gasteiger partial charge < -0.3 is 5.32 Å². The maximum atomic E-state index is 12.7. The van der Waals surface area contributed by atoms with Crippen LogP contribution in [0.25, 0.3) is 0 Å². The number of amides is 1. The first-order valence-electron chi connectivity index (χ1n) is 7.59. The number of hydrogen-bond acceptors (Lipinski definition) is 5. The minimum absolute atomic E-state index is 0.0644. The van der Waals surface area contributed by atoms with Crippen molar-refractivity contribution in [3.63, 3.8) is 0 Å². The molecule has 0 bridgehead atoms. The lowest BCUT2D eigenvalue weighted by Crippen LogP contribution is -2.14. The number of anilines is 1. The molecule has 2 aromatic carbocycles. The van der Waals surface area contributed by atoms with Gasteiger partial charge in [-0.25, -0.2) is 0 Å². The fourth-order valence-corrected chi connectivity index (χ4v) is 4.78. The number of carbonyl (C=O) groups is 1. The highest BCUT2D eigenvalue weighted by Crippen LogP contribution is 2.27. The molecule has 0 fully saturated rings. The summed E-state index contributed by atoms with van der Waals surface area (Å²) in [6, 6.07) is 15.7. The van der Waals surface area contributed by atoms with Gasteiger partial charge >= 0.3 is 0 Å². The van der Waals surface area contributed by atoms with Crippen LogP contribution in [0.15, 0.2) is 58.4 Å². The van der Waals surface area contributed by atoms with Crippen LogP contribution in [0.5, 0.6) is 0 Å². The third-order valence-electron chi connectivity index (χ3n) is 3.50. The third-order valence-corrected chi connectivity index (χ3v) is 6.53. The number of rotatable bonds is 5. The first kappa shape index (κ1) is 17.5. The molecule has 3 nitrogen and oxygen atoms in total. The fraction of sp³-hybridized carbons (Fsp3) is 0.222. The van der Waals surface area contributed by atoms with Gasteiger partial charge in [-0.15, -0.1) is 11.8 Å². The Morgan fingerprint density at radius 1 is 1.25 bits per heavy atom. The summed E-state index contributed by atoms with van der Waals surface area (Å²) in [5, 5.41) is 3.00. The number of nitrogens with one attached hydrogen (secondary N) is 1. The zero-order valence-corrected chi connectivity index (χ0v) is 15.8. The maximum absolute atomic E-state index is 12.7. The summed E-state index contributed by atoms with van der Waals surface area (Å²) in [5.74, 6) is 1.77. The Morgan fingerprint density at radius 3 is 2.92 bits per heavy atom. The van der Waals surface area contributed by atoms with Crippen molar-refractivity contribution in [2.24, 2.45) is 4.99 Å². The van der Waals surface area contributed by atoms with Crippen molar-refractivity contribution in [1.29, 1.82) is 0 Å².